The zero-order valence-corrected chi connectivity index (χ0v) is 16.5. The van der Waals surface area contributed by atoms with Crippen LogP contribution in [0.1, 0.15) is 38.2 Å². The van der Waals surface area contributed by atoms with Crippen molar-refractivity contribution in [1.29, 1.82) is 0 Å². The molecule has 1 fully saturated rings. The fourth-order valence-corrected chi connectivity index (χ4v) is 4.10. The van der Waals surface area contributed by atoms with E-state index < -0.39 is 11.0 Å². The summed E-state index contributed by atoms with van der Waals surface area (Å²) in [6, 6.07) is 5.08. The molecule has 1 aliphatic carbocycles. The number of hydrogen-bond donors (Lipinski definition) is 2. The number of halogens is 1. The first-order valence-electron chi connectivity index (χ1n) is 8.79. The molecule has 6 nitrogen and oxygen atoms in total. The highest BCUT2D eigenvalue weighted by atomic mass is 35.5. The summed E-state index contributed by atoms with van der Waals surface area (Å²) in [5, 5.41) is 3.35. The van der Waals surface area contributed by atoms with Gasteiger partial charge in [-0.05, 0) is 50.3 Å². The van der Waals surface area contributed by atoms with E-state index in [0.717, 1.165) is 31.2 Å². The number of carbonyl (C=O) groups is 2. The van der Waals surface area contributed by atoms with E-state index in [-0.39, 0.29) is 30.8 Å². The molecule has 1 saturated carbocycles. The molecule has 1 aliphatic rings. The number of rotatable bonds is 10. The smallest absolute Gasteiger partial charge is 0.320 e. The van der Waals surface area contributed by atoms with Crippen molar-refractivity contribution in [2.45, 2.75) is 50.0 Å². The molecule has 2 N–H and O–H groups in total. The van der Waals surface area contributed by atoms with Gasteiger partial charge < -0.3 is 10.1 Å². The second kappa shape index (κ2) is 10.8. The maximum absolute atomic E-state index is 12.3. The number of hydrogen-bond acceptors (Lipinski definition) is 5. The molecule has 144 valence electrons. The van der Waals surface area contributed by atoms with Crippen LogP contribution in [0.25, 0.3) is 0 Å². The molecule has 0 aliphatic heterocycles. The normalized spacial score (nSPS) is 15.8. The Morgan fingerprint density at radius 2 is 2.00 bits per heavy atom. The fourth-order valence-electron chi connectivity index (χ4n) is 2.82. The molecule has 26 heavy (non-hydrogen) atoms. The quantitative estimate of drug-likeness (QED) is 0.464. The second-order valence-corrected chi connectivity index (χ2v) is 8.05. The first-order valence-corrected chi connectivity index (χ1v) is 10.3. The molecule has 1 atom stereocenters. The molecule has 8 heteroatoms. The Bertz CT molecular complexity index is 663. The fraction of sp³-hybridized carbons (Fsp3) is 0.556. The summed E-state index contributed by atoms with van der Waals surface area (Å²) in [5.74, 6) is -0.219. The topological polar surface area (TPSA) is 84.5 Å². The van der Waals surface area contributed by atoms with E-state index in [4.69, 9.17) is 16.3 Å². The Labute approximate surface area is 161 Å². The average Bonchev–Trinajstić information content (AvgIpc) is 3.08. The lowest BCUT2D eigenvalue weighted by molar-refractivity contribution is -0.147. The number of carbonyl (C=O) groups excluding carboxylic acids is 2. The summed E-state index contributed by atoms with van der Waals surface area (Å²) in [4.78, 5) is 23.3. The molecular weight excluding hydrogens is 376 g/mol. The van der Waals surface area contributed by atoms with E-state index in [9.17, 15) is 13.8 Å². The van der Waals surface area contributed by atoms with Gasteiger partial charge >= 0.3 is 5.97 Å². The molecule has 0 heterocycles. The van der Waals surface area contributed by atoms with Gasteiger partial charge in [0.05, 0.1) is 16.5 Å². The lowest BCUT2D eigenvalue weighted by Crippen LogP contribution is -2.33. The van der Waals surface area contributed by atoms with Gasteiger partial charge in [0.15, 0.2) is 0 Å². The lowest BCUT2D eigenvalue weighted by Gasteiger charge is -2.12. The van der Waals surface area contributed by atoms with E-state index in [1.165, 1.54) is 6.92 Å². The van der Waals surface area contributed by atoms with Crippen LogP contribution in [-0.2, 0) is 31.7 Å². The number of esters is 1. The molecule has 0 amide bonds. The zero-order valence-electron chi connectivity index (χ0n) is 14.9. The molecule has 0 bridgehead atoms. The number of ketones is 1. The van der Waals surface area contributed by atoms with Crippen molar-refractivity contribution in [2.75, 3.05) is 19.6 Å². The number of ether oxygens (including phenoxy) is 1. The molecular formula is C18H25ClN2O4S. The van der Waals surface area contributed by atoms with E-state index >= 15 is 0 Å². The summed E-state index contributed by atoms with van der Waals surface area (Å²) < 4.78 is 20.5. The Kier molecular flexibility index (Phi) is 8.71. The van der Waals surface area contributed by atoms with Crippen LogP contribution in [0.2, 0.25) is 5.02 Å². The van der Waals surface area contributed by atoms with Gasteiger partial charge in [-0.15, -0.1) is 0 Å². The van der Waals surface area contributed by atoms with Crippen LogP contribution in [-0.4, -0.2) is 41.7 Å². The third-order valence-electron chi connectivity index (χ3n) is 4.05. The highest BCUT2D eigenvalue weighted by Gasteiger charge is 2.18. The van der Waals surface area contributed by atoms with E-state index in [1.54, 1.807) is 18.2 Å². The Balaban J connectivity index is 1.69. The molecule has 1 aromatic carbocycles. The Morgan fingerprint density at radius 1 is 1.27 bits per heavy atom. The highest BCUT2D eigenvalue weighted by molar-refractivity contribution is 7.83. The van der Waals surface area contributed by atoms with E-state index in [1.807, 2.05) is 0 Å². The minimum Gasteiger partial charge on any atom is -0.461 e. The van der Waals surface area contributed by atoms with Gasteiger partial charge in [-0.1, -0.05) is 17.7 Å². The molecule has 0 spiro atoms. The third kappa shape index (κ3) is 7.15. The number of nitrogens with one attached hydrogen (secondary N) is 2. The number of benzene rings is 1. The molecule has 1 aromatic rings. The van der Waals surface area contributed by atoms with Crippen molar-refractivity contribution < 1.29 is 18.5 Å². The van der Waals surface area contributed by atoms with Crippen LogP contribution >= 0.6 is 11.6 Å². The maximum atomic E-state index is 12.3. The minimum atomic E-state index is -1.49. The molecule has 2 rings (SSSR count). The van der Waals surface area contributed by atoms with Gasteiger partial charge in [0.2, 0.25) is 0 Å². The predicted octanol–water partition coefficient (Wildman–Crippen LogP) is 2.16. The molecule has 0 aromatic heterocycles. The van der Waals surface area contributed by atoms with E-state index in [0.29, 0.717) is 23.0 Å². The van der Waals surface area contributed by atoms with E-state index in [2.05, 4.69) is 10.0 Å². The van der Waals surface area contributed by atoms with Gasteiger partial charge in [-0.2, -0.15) is 0 Å². The van der Waals surface area contributed by atoms with Gasteiger partial charge in [0, 0.05) is 19.5 Å². The average molecular weight is 401 g/mol. The Morgan fingerprint density at radius 3 is 2.69 bits per heavy atom. The first-order chi connectivity index (χ1) is 12.5. The minimum absolute atomic E-state index is 0.0331. The van der Waals surface area contributed by atoms with Crippen molar-refractivity contribution in [1.82, 2.24) is 10.0 Å². The summed E-state index contributed by atoms with van der Waals surface area (Å²) in [6.07, 6.45) is 4.51. The van der Waals surface area contributed by atoms with Gasteiger partial charge in [0.1, 0.15) is 22.9 Å². The summed E-state index contributed by atoms with van der Waals surface area (Å²) in [5.41, 5.74) is 0.778. The van der Waals surface area contributed by atoms with Crippen molar-refractivity contribution >= 4 is 34.3 Å². The van der Waals surface area contributed by atoms with Gasteiger partial charge in [0.25, 0.3) is 0 Å². The Hall–Kier alpha value is -1.28. The van der Waals surface area contributed by atoms with Crippen molar-refractivity contribution in [3.63, 3.8) is 0 Å². The monoisotopic (exact) mass is 400 g/mol. The lowest BCUT2D eigenvalue weighted by atomic mass is 10.1. The van der Waals surface area contributed by atoms with Crippen molar-refractivity contribution in [3.05, 3.63) is 28.8 Å². The summed E-state index contributed by atoms with van der Waals surface area (Å²) >= 11 is 6.10. The summed E-state index contributed by atoms with van der Waals surface area (Å²) in [7, 11) is -1.49. The SMILES string of the molecule is CC(=O)Cc1ccc(Cl)c(S(=O)NCCNCC(=O)OC2CCCC2)c1. The van der Waals surface area contributed by atoms with Crippen LogP contribution < -0.4 is 10.0 Å². The zero-order chi connectivity index (χ0) is 18.9. The predicted molar refractivity (Wildman–Crippen MR) is 101 cm³/mol. The summed E-state index contributed by atoms with van der Waals surface area (Å²) in [6.45, 7) is 2.51. The first kappa shape index (κ1) is 21.0. The largest absolute Gasteiger partial charge is 0.461 e. The van der Waals surface area contributed by atoms with Crippen LogP contribution in [0.3, 0.4) is 0 Å². The number of Topliss-reactive ketones (excluding diaryl/α,β-unsaturated/α-hetero) is 1. The van der Waals surface area contributed by atoms with Gasteiger partial charge in [-0.3, -0.25) is 9.59 Å². The van der Waals surface area contributed by atoms with Crippen molar-refractivity contribution in [3.8, 4) is 0 Å². The second-order valence-electron chi connectivity index (χ2n) is 6.38. The van der Waals surface area contributed by atoms with Crippen LogP contribution in [0, 0.1) is 0 Å². The van der Waals surface area contributed by atoms with Gasteiger partial charge in [-0.25, -0.2) is 8.93 Å². The van der Waals surface area contributed by atoms with Crippen LogP contribution in [0.15, 0.2) is 23.1 Å². The standard InChI is InChI=1S/C18H25ClN2O4S/c1-13(22)10-14-6-7-16(19)17(11-14)26(24)21-9-8-20-12-18(23)25-15-4-2-3-5-15/h6-7,11,15,20-21H,2-5,8-10,12H2,1H3. The highest BCUT2D eigenvalue weighted by Crippen LogP contribution is 2.21. The molecule has 1 unspecified atom stereocenters. The maximum Gasteiger partial charge on any atom is 0.320 e. The molecule has 0 saturated heterocycles. The third-order valence-corrected chi connectivity index (χ3v) is 5.70. The van der Waals surface area contributed by atoms with Crippen LogP contribution in [0.4, 0.5) is 0 Å². The molecule has 0 radical (unpaired) electrons. The van der Waals surface area contributed by atoms with Crippen LogP contribution in [0.5, 0.6) is 0 Å². The van der Waals surface area contributed by atoms with Crippen molar-refractivity contribution in [2.24, 2.45) is 0 Å².